The third-order valence-corrected chi connectivity index (χ3v) is 4.66. The van der Waals surface area contributed by atoms with E-state index < -0.39 is 0 Å². The Balaban J connectivity index is 1.57. The Kier molecular flexibility index (Phi) is 3.27. The minimum absolute atomic E-state index is 0.550. The van der Waals surface area contributed by atoms with Crippen LogP contribution in [0.2, 0.25) is 0 Å². The molecule has 2 fully saturated rings. The predicted octanol–water partition coefficient (Wildman–Crippen LogP) is 2.80. The third-order valence-electron chi connectivity index (χ3n) is 3.93. The summed E-state index contributed by atoms with van der Waals surface area (Å²) in [5.74, 6) is 0.771. The van der Waals surface area contributed by atoms with Gasteiger partial charge in [-0.1, -0.05) is 0 Å². The number of ether oxygens (including phenoxy) is 1. The van der Waals surface area contributed by atoms with Gasteiger partial charge in [0.25, 0.3) is 0 Å². The second-order valence-corrected chi connectivity index (χ2v) is 5.69. The van der Waals surface area contributed by atoms with E-state index >= 15 is 0 Å². The highest BCUT2D eigenvalue weighted by Gasteiger charge is 2.37. The first-order valence-electron chi connectivity index (χ1n) is 6.29. The van der Waals surface area contributed by atoms with Gasteiger partial charge in [0.05, 0.1) is 6.10 Å². The normalized spacial score (nSPS) is 33.9. The van der Waals surface area contributed by atoms with Crippen LogP contribution in [0.3, 0.4) is 0 Å². The molecule has 1 aliphatic carbocycles. The van der Waals surface area contributed by atoms with Crippen LogP contribution < -0.4 is 5.32 Å². The predicted molar refractivity (Wildman–Crippen MR) is 66.6 cm³/mol. The molecule has 3 rings (SSSR count). The summed E-state index contributed by atoms with van der Waals surface area (Å²) in [6, 6.07) is 2.89. The lowest BCUT2D eigenvalue weighted by Crippen LogP contribution is -2.42. The maximum Gasteiger partial charge on any atom is 0.0619 e. The number of hydrogen-bond donors (Lipinski definition) is 1. The van der Waals surface area contributed by atoms with E-state index in [-0.39, 0.29) is 0 Å². The van der Waals surface area contributed by atoms with E-state index in [1.54, 1.807) is 11.3 Å². The van der Waals surface area contributed by atoms with Gasteiger partial charge in [0.2, 0.25) is 0 Å². The van der Waals surface area contributed by atoms with E-state index in [1.165, 1.54) is 31.2 Å². The number of nitrogens with one attached hydrogen (secondary N) is 1. The van der Waals surface area contributed by atoms with Crippen molar-refractivity contribution in [2.75, 3.05) is 6.61 Å². The maximum atomic E-state index is 5.79. The van der Waals surface area contributed by atoms with Crippen LogP contribution in [0.4, 0.5) is 0 Å². The van der Waals surface area contributed by atoms with Crippen LogP contribution in [0.15, 0.2) is 16.8 Å². The molecule has 1 saturated heterocycles. The Morgan fingerprint density at radius 2 is 2.38 bits per heavy atom. The van der Waals surface area contributed by atoms with E-state index in [2.05, 4.69) is 22.1 Å². The van der Waals surface area contributed by atoms with Crippen LogP contribution in [-0.4, -0.2) is 18.8 Å². The maximum absolute atomic E-state index is 5.79. The lowest BCUT2D eigenvalue weighted by molar-refractivity contribution is 0.0529. The van der Waals surface area contributed by atoms with Crippen molar-refractivity contribution in [1.82, 2.24) is 5.32 Å². The van der Waals surface area contributed by atoms with Crippen LogP contribution in [0.1, 0.15) is 31.2 Å². The van der Waals surface area contributed by atoms with Gasteiger partial charge in [-0.25, -0.2) is 0 Å². The van der Waals surface area contributed by atoms with Gasteiger partial charge in [0, 0.05) is 25.1 Å². The fraction of sp³-hybridized carbons (Fsp3) is 0.692. The van der Waals surface area contributed by atoms with Gasteiger partial charge in [-0.3, -0.25) is 0 Å². The van der Waals surface area contributed by atoms with Crippen molar-refractivity contribution in [3.05, 3.63) is 22.4 Å². The third kappa shape index (κ3) is 2.17. The summed E-state index contributed by atoms with van der Waals surface area (Å²) in [4.78, 5) is 0. The summed E-state index contributed by atoms with van der Waals surface area (Å²) >= 11 is 1.78. The minimum atomic E-state index is 0.550. The summed E-state index contributed by atoms with van der Waals surface area (Å²) in [5, 5.41) is 8.11. The Morgan fingerprint density at radius 3 is 3.25 bits per heavy atom. The number of rotatable bonds is 3. The van der Waals surface area contributed by atoms with Gasteiger partial charge in [0.15, 0.2) is 0 Å². The smallest absolute Gasteiger partial charge is 0.0619 e. The average molecular weight is 237 g/mol. The first-order chi connectivity index (χ1) is 7.93. The number of hydrogen-bond acceptors (Lipinski definition) is 3. The average Bonchev–Trinajstić information content (AvgIpc) is 2.97. The van der Waals surface area contributed by atoms with Crippen molar-refractivity contribution in [1.29, 1.82) is 0 Å². The van der Waals surface area contributed by atoms with Crippen LogP contribution in [0.25, 0.3) is 0 Å². The second-order valence-electron chi connectivity index (χ2n) is 4.91. The first-order valence-corrected chi connectivity index (χ1v) is 7.24. The topological polar surface area (TPSA) is 21.3 Å². The molecule has 3 heteroatoms. The highest BCUT2D eigenvalue weighted by molar-refractivity contribution is 7.07. The molecule has 2 nitrogen and oxygen atoms in total. The van der Waals surface area contributed by atoms with E-state index in [0.29, 0.717) is 12.1 Å². The number of fused-ring (bicyclic) bond motifs is 1. The Labute approximate surface area is 101 Å². The summed E-state index contributed by atoms with van der Waals surface area (Å²) in [7, 11) is 0. The van der Waals surface area contributed by atoms with Crippen LogP contribution >= 0.6 is 11.3 Å². The zero-order valence-electron chi connectivity index (χ0n) is 9.52. The quantitative estimate of drug-likeness (QED) is 0.873. The molecular formula is C13H19NOS. The fourth-order valence-corrected chi connectivity index (χ4v) is 3.74. The van der Waals surface area contributed by atoms with Gasteiger partial charge in [-0.2, -0.15) is 11.3 Å². The molecule has 0 aromatic carbocycles. The molecule has 0 bridgehead atoms. The Bertz CT molecular complexity index is 325. The van der Waals surface area contributed by atoms with E-state index in [1.807, 2.05) is 0 Å². The molecule has 1 saturated carbocycles. The summed E-state index contributed by atoms with van der Waals surface area (Å²) in [5.41, 5.74) is 1.42. The highest BCUT2D eigenvalue weighted by atomic mass is 32.1. The molecule has 1 aliphatic heterocycles. The number of thiophene rings is 1. The van der Waals surface area contributed by atoms with Crippen LogP contribution in [0.5, 0.6) is 0 Å². The summed E-state index contributed by atoms with van der Waals surface area (Å²) < 4.78 is 5.79. The van der Waals surface area contributed by atoms with E-state index in [4.69, 9.17) is 4.74 Å². The molecule has 1 aromatic heterocycles. The Morgan fingerprint density at radius 1 is 1.38 bits per heavy atom. The molecule has 0 amide bonds. The highest BCUT2D eigenvalue weighted by Crippen LogP contribution is 2.34. The fourth-order valence-electron chi connectivity index (χ4n) is 3.07. The molecule has 2 heterocycles. The van der Waals surface area contributed by atoms with E-state index in [9.17, 15) is 0 Å². The molecule has 3 atom stereocenters. The van der Waals surface area contributed by atoms with E-state index in [0.717, 1.165) is 19.1 Å². The van der Waals surface area contributed by atoms with Gasteiger partial charge in [0.1, 0.15) is 0 Å². The lowest BCUT2D eigenvalue weighted by atomic mass is 9.82. The summed E-state index contributed by atoms with van der Waals surface area (Å²) in [6.07, 6.45) is 5.73. The van der Waals surface area contributed by atoms with Crippen molar-refractivity contribution in [2.24, 2.45) is 5.92 Å². The van der Waals surface area contributed by atoms with Crippen molar-refractivity contribution in [2.45, 2.75) is 44.4 Å². The van der Waals surface area contributed by atoms with Gasteiger partial charge < -0.3 is 10.1 Å². The second kappa shape index (κ2) is 4.86. The molecule has 0 radical (unpaired) electrons. The molecule has 16 heavy (non-hydrogen) atoms. The van der Waals surface area contributed by atoms with Crippen molar-refractivity contribution < 1.29 is 4.74 Å². The van der Waals surface area contributed by atoms with Crippen molar-refractivity contribution in [3.63, 3.8) is 0 Å². The molecular weight excluding hydrogens is 218 g/mol. The van der Waals surface area contributed by atoms with Gasteiger partial charge in [-0.05, 0) is 48.1 Å². The lowest BCUT2D eigenvalue weighted by Gasteiger charge is -2.33. The Hall–Kier alpha value is -0.380. The molecule has 1 N–H and O–H groups in total. The SMILES string of the molecule is c1cc(CNC2CCCC3OCCC23)cs1. The minimum Gasteiger partial charge on any atom is -0.378 e. The first kappa shape index (κ1) is 10.8. The van der Waals surface area contributed by atoms with Gasteiger partial charge in [-0.15, -0.1) is 0 Å². The summed E-state index contributed by atoms with van der Waals surface area (Å²) in [6.45, 7) is 2.00. The van der Waals surface area contributed by atoms with Crippen LogP contribution in [-0.2, 0) is 11.3 Å². The van der Waals surface area contributed by atoms with Crippen molar-refractivity contribution in [3.8, 4) is 0 Å². The molecule has 1 aromatic rings. The molecule has 3 unspecified atom stereocenters. The standard InChI is InChI=1S/C13H19NOS/c1-2-12(11-4-6-15-13(11)3-1)14-8-10-5-7-16-9-10/h5,7,9,11-14H,1-4,6,8H2. The molecule has 2 aliphatic rings. The molecule has 88 valence electrons. The largest absolute Gasteiger partial charge is 0.378 e. The van der Waals surface area contributed by atoms with Gasteiger partial charge >= 0.3 is 0 Å². The zero-order chi connectivity index (χ0) is 10.8. The monoisotopic (exact) mass is 237 g/mol. The zero-order valence-corrected chi connectivity index (χ0v) is 10.3. The van der Waals surface area contributed by atoms with Crippen molar-refractivity contribution >= 4 is 11.3 Å². The molecule has 0 spiro atoms. The van der Waals surface area contributed by atoms with Crippen LogP contribution in [0, 0.1) is 5.92 Å².